The number of benzene rings is 2. The number of aliphatic imine (C=N–C) groups is 1. The maximum absolute atomic E-state index is 13.5. The molecular weight excluding hydrogens is 514 g/mol. The van der Waals surface area contributed by atoms with Gasteiger partial charge in [-0.25, -0.2) is 4.98 Å². The average Bonchev–Trinajstić information content (AvgIpc) is 3.36. The Labute approximate surface area is 232 Å². The Balaban J connectivity index is 1.75. The van der Waals surface area contributed by atoms with E-state index in [-0.39, 0.29) is 23.6 Å². The van der Waals surface area contributed by atoms with E-state index in [1.165, 1.54) is 11.3 Å². The van der Waals surface area contributed by atoms with Crippen LogP contribution in [0.1, 0.15) is 42.1 Å². The van der Waals surface area contributed by atoms with E-state index in [9.17, 15) is 14.4 Å². The van der Waals surface area contributed by atoms with Crippen molar-refractivity contribution in [1.82, 2.24) is 20.9 Å². The Morgan fingerprint density at radius 3 is 2.28 bits per heavy atom. The summed E-state index contributed by atoms with van der Waals surface area (Å²) in [4.78, 5) is 48.6. The number of nitrogens with zero attached hydrogens (tertiary/aromatic N) is 2. The molecule has 0 aliphatic heterocycles. The lowest BCUT2D eigenvalue weighted by atomic mass is 9.99. The molecule has 1 heterocycles. The van der Waals surface area contributed by atoms with Crippen LogP contribution in [-0.2, 0) is 16.0 Å². The number of hydrogen-bond donors (Lipinski definition) is 5. The van der Waals surface area contributed by atoms with Crippen molar-refractivity contribution in [1.29, 1.82) is 0 Å². The van der Waals surface area contributed by atoms with E-state index in [0.717, 1.165) is 15.8 Å². The van der Waals surface area contributed by atoms with Crippen molar-refractivity contribution in [3.8, 4) is 0 Å². The monoisotopic (exact) mass is 551 g/mol. The van der Waals surface area contributed by atoms with Crippen LogP contribution in [0, 0.1) is 5.92 Å². The molecule has 7 N–H and O–H groups in total. The lowest BCUT2D eigenvalue weighted by Crippen LogP contribution is -2.57. The van der Waals surface area contributed by atoms with Crippen LogP contribution in [-0.4, -0.2) is 60.3 Å². The highest BCUT2D eigenvalue weighted by atomic mass is 32.1. The van der Waals surface area contributed by atoms with Crippen LogP contribution in [0.3, 0.4) is 0 Å². The number of likely N-dealkylation sites (N-methyl/N-ethyl adjacent to an activating group) is 1. The Morgan fingerprint density at radius 1 is 0.949 bits per heavy atom. The van der Waals surface area contributed by atoms with E-state index in [1.807, 2.05) is 68.4 Å². The molecule has 11 heteroatoms. The Morgan fingerprint density at radius 2 is 1.64 bits per heavy atom. The first-order valence-corrected chi connectivity index (χ1v) is 13.8. The van der Waals surface area contributed by atoms with Crippen molar-refractivity contribution in [2.75, 3.05) is 13.6 Å². The number of thiazole rings is 1. The highest BCUT2D eigenvalue weighted by Gasteiger charge is 2.31. The molecule has 0 spiro atoms. The smallest absolute Gasteiger partial charge is 0.243 e. The number of fused-ring (bicyclic) bond motifs is 1. The molecule has 3 atom stereocenters. The number of Topliss-reactive ketones (excluding diaryl/α,β-unsaturated/α-hetero) is 1. The summed E-state index contributed by atoms with van der Waals surface area (Å²) in [5.74, 6) is -1.28. The van der Waals surface area contributed by atoms with Crippen molar-refractivity contribution in [3.63, 3.8) is 0 Å². The predicted octanol–water partition coefficient (Wildman–Crippen LogP) is 1.99. The summed E-state index contributed by atoms with van der Waals surface area (Å²) in [7, 11) is 1.71. The summed E-state index contributed by atoms with van der Waals surface area (Å²) in [6, 6.07) is 14.9. The van der Waals surface area contributed by atoms with Crippen LogP contribution in [0.15, 0.2) is 59.6 Å². The molecule has 0 aliphatic carbocycles. The summed E-state index contributed by atoms with van der Waals surface area (Å²) in [6.07, 6.45) is 1.25. The predicted molar refractivity (Wildman–Crippen MR) is 156 cm³/mol. The average molecular weight is 552 g/mol. The van der Waals surface area contributed by atoms with Crippen LogP contribution in [0.5, 0.6) is 0 Å². The molecule has 3 rings (SSSR count). The number of nitrogens with two attached hydrogens (primary N) is 2. The lowest BCUT2D eigenvalue weighted by molar-refractivity contribution is -0.131. The Hall–Kier alpha value is -3.83. The van der Waals surface area contributed by atoms with E-state index in [4.69, 9.17) is 11.5 Å². The fourth-order valence-electron chi connectivity index (χ4n) is 4.12. The number of amides is 2. The molecule has 2 amide bonds. The number of guanidine groups is 1. The number of carbonyl (C=O) groups is 3. The molecule has 0 unspecified atom stereocenters. The third-order valence-electron chi connectivity index (χ3n) is 6.28. The molecule has 10 nitrogen and oxygen atoms in total. The summed E-state index contributed by atoms with van der Waals surface area (Å²) < 4.78 is 0.885. The first-order chi connectivity index (χ1) is 18.7. The van der Waals surface area contributed by atoms with E-state index in [0.29, 0.717) is 30.8 Å². The van der Waals surface area contributed by atoms with Gasteiger partial charge in [-0.2, -0.15) is 0 Å². The van der Waals surface area contributed by atoms with Crippen LogP contribution in [0.2, 0.25) is 0 Å². The molecule has 0 bridgehead atoms. The van der Waals surface area contributed by atoms with Gasteiger partial charge in [-0.05, 0) is 49.9 Å². The second-order valence-electron chi connectivity index (χ2n) is 9.62. The van der Waals surface area contributed by atoms with E-state index < -0.39 is 24.0 Å². The number of aromatic nitrogens is 1. The van der Waals surface area contributed by atoms with Gasteiger partial charge in [-0.1, -0.05) is 56.3 Å². The van der Waals surface area contributed by atoms with Crippen LogP contribution < -0.4 is 27.4 Å². The molecule has 0 radical (unpaired) electrons. The standard InChI is InChI=1S/C28H37N7O3S/c1-17(2)23(35-25(37)21(31-3)16-18-10-5-4-6-11-18)26(38)33-20(13-9-15-32-28(29)30)24(36)27-34-19-12-7-8-14-22(19)39-27/h4-8,10-12,14,17,20-21,23,31H,9,13,15-16H2,1-3H3,(H,33,38)(H,35,37)(H4,29,30,32)/t20-,21+,23-/m0/s1. The normalized spacial score (nSPS) is 13.4. The van der Waals surface area contributed by atoms with Gasteiger partial charge in [0.1, 0.15) is 6.04 Å². The first-order valence-electron chi connectivity index (χ1n) is 13.0. The van der Waals surface area contributed by atoms with Gasteiger partial charge in [-0.3, -0.25) is 19.4 Å². The zero-order chi connectivity index (χ0) is 28.4. The summed E-state index contributed by atoms with van der Waals surface area (Å²) in [5.41, 5.74) is 12.6. The molecular formula is C28H37N7O3S. The molecule has 0 saturated carbocycles. The van der Waals surface area contributed by atoms with Crippen LogP contribution in [0.4, 0.5) is 0 Å². The summed E-state index contributed by atoms with van der Waals surface area (Å²) in [5, 5.41) is 9.10. The largest absolute Gasteiger partial charge is 0.370 e. The van der Waals surface area contributed by atoms with Gasteiger partial charge in [0.05, 0.1) is 22.3 Å². The first kappa shape index (κ1) is 29.7. The second-order valence-corrected chi connectivity index (χ2v) is 10.7. The topological polar surface area (TPSA) is 165 Å². The number of hydrogen-bond acceptors (Lipinski definition) is 7. The van der Waals surface area contributed by atoms with Gasteiger partial charge in [0.15, 0.2) is 11.0 Å². The van der Waals surface area contributed by atoms with E-state index in [1.54, 1.807) is 7.05 Å². The molecule has 39 heavy (non-hydrogen) atoms. The van der Waals surface area contributed by atoms with Crippen molar-refractivity contribution in [2.45, 2.75) is 51.2 Å². The van der Waals surface area contributed by atoms with Gasteiger partial charge in [0.2, 0.25) is 17.6 Å². The third-order valence-corrected chi connectivity index (χ3v) is 7.33. The molecule has 208 valence electrons. The Kier molecular flexibility index (Phi) is 10.9. The van der Waals surface area contributed by atoms with Gasteiger partial charge >= 0.3 is 0 Å². The highest BCUT2D eigenvalue weighted by Crippen LogP contribution is 2.23. The maximum atomic E-state index is 13.5. The molecule has 0 fully saturated rings. The highest BCUT2D eigenvalue weighted by molar-refractivity contribution is 7.20. The number of ketones is 1. The minimum atomic E-state index is -0.852. The van der Waals surface area contributed by atoms with Crippen molar-refractivity contribution >= 4 is 45.1 Å². The fourth-order valence-corrected chi connectivity index (χ4v) is 5.09. The zero-order valence-electron chi connectivity index (χ0n) is 22.5. The van der Waals surface area contributed by atoms with Gasteiger partial charge in [0, 0.05) is 6.54 Å². The van der Waals surface area contributed by atoms with Crippen molar-refractivity contribution < 1.29 is 14.4 Å². The van der Waals surface area contributed by atoms with E-state index in [2.05, 4.69) is 25.9 Å². The summed E-state index contributed by atoms with van der Waals surface area (Å²) in [6.45, 7) is 4.01. The SMILES string of the molecule is CN[C@H](Cc1ccccc1)C(=O)N[C@H](C(=O)N[C@@H](CCCN=C(N)N)C(=O)c1nc2ccccc2s1)C(C)C. The van der Waals surface area contributed by atoms with Crippen molar-refractivity contribution in [3.05, 3.63) is 65.2 Å². The lowest BCUT2D eigenvalue weighted by Gasteiger charge is -2.26. The van der Waals surface area contributed by atoms with Crippen molar-refractivity contribution in [2.24, 2.45) is 22.4 Å². The maximum Gasteiger partial charge on any atom is 0.243 e. The second kappa shape index (κ2) is 14.4. The molecule has 3 aromatic rings. The number of para-hydroxylation sites is 1. The van der Waals surface area contributed by atoms with Crippen LogP contribution >= 0.6 is 11.3 Å². The van der Waals surface area contributed by atoms with Gasteiger partial charge < -0.3 is 27.4 Å². The Bertz CT molecular complexity index is 1260. The summed E-state index contributed by atoms with van der Waals surface area (Å²) >= 11 is 1.28. The van der Waals surface area contributed by atoms with Crippen LogP contribution in [0.25, 0.3) is 10.2 Å². The third kappa shape index (κ3) is 8.59. The number of nitrogens with one attached hydrogen (secondary N) is 3. The molecule has 0 saturated heterocycles. The number of rotatable bonds is 14. The molecule has 2 aromatic carbocycles. The minimum Gasteiger partial charge on any atom is -0.370 e. The zero-order valence-corrected chi connectivity index (χ0v) is 23.3. The van der Waals surface area contributed by atoms with Gasteiger partial charge in [0.25, 0.3) is 0 Å². The van der Waals surface area contributed by atoms with E-state index >= 15 is 0 Å². The fraction of sp³-hybridized carbons (Fsp3) is 0.393. The number of carbonyl (C=O) groups excluding carboxylic acids is 3. The molecule has 1 aromatic heterocycles. The molecule has 0 aliphatic rings. The van der Waals surface area contributed by atoms with Gasteiger partial charge in [-0.15, -0.1) is 11.3 Å². The quantitative estimate of drug-likeness (QED) is 0.0885. The minimum absolute atomic E-state index is 0.0368.